The molecule has 0 amide bonds. The van der Waals surface area contributed by atoms with Crippen molar-refractivity contribution in [3.8, 4) is 28.5 Å². The van der Waals surface area contributed by atoms with E-state index in [1.807, 2.05) is 48.5 Å². The Morgan fingerprint density at radius 1 is 0.818 bits per heavy atom. The van der Waals surface area contributed by atoms with Gasteiger partial charge in [0.1, 0.15) is 22.8 Å². The van der Waals surface area contributed by atoms with Gasteiger partial charge in [0.2, 0.25) is 0 Å². The molecule has 0 radical (unpaired) electrons. The molecule has 0 saturated carbocycles. The minimum atomic E-state index is -0.507. The number of pyridine rings is 3. The van der Waals surface area contributed by atoms with Crippen molar-refractivity contribution >= 4 is 27.9 Å². The summed E-state index contributed by atoms with van der Waals surface area (Å²) in [6.45, 7) is 0. The highest BCUT2D eigenvalue weighted by Gasteiger charge is 2.18. The number of carbonyl (C=O) groups is 1. The molecule has 5 aromatic rings. The van der Waals surface area contributed by atoms with Crippen LogP contribution in [0.1, 0.15) is 10.4 Å². The first-order valence-electron chi connectivity index (χ1n) is 10.2. The number of hydrogen-bond acceptors (Lipinski definition) is 7. The summed E-state index contributed by atoms with van der Waals surface area (Å²) < 4.78 is 16.7. The van der Waals surface area contributed by atoms with E-state index in [9.17, 15) is 4.79 Å². The number of aromatic nitrogens is 3. The summed E-state index contributed by atoms with van der Waals surface area (Å²) >= 11 is 0. The lowest BCUT2D eigenvalue weighted by Crippen LogP contribution is -2.04. The molecular weight excluding hydrogens is 418 g/mol. The molecule has 5 rings (SSSR count). The van der Waals surface area contributed by atoms with Crippen molar-refractivity contribution in [1.82, 2.24) is 15.0 Å². The number of benzene rings is 2. The molecule has 0 fully saturated rings. The lowest BCUT2D eigenvalue weighted by molar-refractivity contribution is 0.0597. The Bertz CT molecular complexity index is 1490. The largest absolute Gasteiger partial charge is 0.496 e. The molecule has 0 atom stereocenters. The van der Waals surface area contributed by atoms with E-state index in [0.29, 0.717) is 39.5 Å². The standard InChI is InChI=1S/C26H19N3O4/c1-31-22-15-20-18(14-19(22)26(30)32-2)21(10-12-27-20)33-23-13-17-9-6-11-28-25(17)29-24(23)16-7-4-3-5-8-16/h3-15H,1-2H3. The molecule has 2 aromatic carbocycles. The maximum atomic E-state index is 12.3. The van der Waals surface area contributed by atoms with Gasteiger partial charge in [0.15, 0.2) is 11.4 Å². The molecule has 0 aliphatic carbocycles. The molecule has 0 N–H and O–H groups in total. The van der Waals surface area contributed by atoms with Gasteiger partial charge in [0.05, 0.1) is 19.7 Å². The molecule has 0 bridgehead atoms. The number of rotatable bonds is 5. The number of nitrogens with zero attached hydrogens (tertiary/aromatic N) is 3. The number of hydrogen-bond donors (Lipinski definition) is 0. The van der Waals surface area contributed by atoms with Gasteiger partial charge in [0.25, 0.3) is 0 Å². The number of ether oxygens (including phenoxy) is 3. The Morgan fingerprint density at radius 3 is 2.45 bits per heavy atom. The summed E-state index contributed by atoms with van der Waals surface area (Å²) in [6, 6.07) is 20.6. The minimum Gasteiger partial charge on any atom is -0.496 e. The van der Waals surface area contributed by atoms with Crippen LogP contribution in [0.3, 0.4) is 0 Å². The van der Waals surface area contributed by atoms with Crippen LogP contribution in [0.25, 0.3) is 33.2 Å². The average Bonchev–Trinajstić information content (AvgIpc) is 2.87. The van der Waals surface area contributed by atoms with E-state index >= 15 is 0 Å². The van der Waals surface area contributed by atoms with E-state index in [4.69, 9.17) is 19.2 Å². The van der Waals surface area contributed by atoms with Crippen molar-refractivity contribution in [1.29, 1.82) is 0 Å². The quantitative estimate of drug-likeness (QED) is 0.339. The van der Waals surface area contributed by atoms with Crippen LogP contribution in [0, 0.1) is 0 Å². The summed E-state index contributed by atoms with van der Waals surface area (Å²) in [4.78, 5) is 25.9. The van der Waals surface area contributed by atoms with E-state index in [1.165, 1.54) is 14.2 Å². The van der Waals surface area contributed by atoms with Crippen LogP contribution in [-0.4, -0.2) is 35.1 Å². The Hall–Kier alpha value is -4.52. The molecule has 3 heterocycles. The smallest absolute Gasteiger partial charge is 0.341 e. The number of carbonyl (C=O) groups excluding carboxylic acids is 1. The van der Waals surface area contributed by atoms with Crippen molar-refractivity contribution in [3.63, 3.8) is 0 Å². The number of methoxy groups -OCH3 is 2. The fourth-order valence-corrected chi connectivity index (χ4v) is 3.66. The molecule has 0 aliphatic rings. The molecule has 0 saturated heterocycles. The number of esters is 1. The van der Waals surface area contributed by atoms with Crippen LogP contribution in [0.4, 0.5) is 0 Å². The highest BCUT2D eigenvalue weighted by Crippen LogP contribution is 2.38. The lowest BCUT2D eigenvalue weighted by atomic mass is 10.1. The monoisotopic (exact) mass is 437 g/mol. The van der Waals surface area contributed by atoms with Crippen molar-refractivity contribution in [2.75, 3.05) is 14.2 Å². The van der Waals surface area contributed by atoms with Crippen molar-refractivity contribution < 1.29 is 19.0 Å². The van der Waals surface area contributed by atoms with E-state index < -0.39 is 5.97 Å². The predicted octanol–water partition coefficient (Wildman–Crippen LogP) is 5.43. The Labute approximate surface area is 189 Å². The molecule has 0 spiro atoms. The van der Waals surface area contributed by atoms with Gasteiger partial charge in [-0.3, -0.25) is 4.98 Å². The second-order valence-corrected chi connectivity index (χ2v) is 7.22. The maximum Gasteiger partial charge on any atom is 0.341 e. The lowest BCUT2D eigenvalue weighted by Gasteiger charge is -2.15. The van der Waals surface area contributed by atoms with Crippen LogP contribution in [-0.2, 0) is 4.74 Å². The predicted molar refractivity (Wildman–Crippen MR) is 125 cm³/mol. The average molecular weight is 437 g/mol. The molecule has 3 aromatic heterocycles. The van der Waals surface area contributed by atoms with E-state index in [0.717, 1.165) is 10.9 Å². The van der Waals surface area contributed by atoms with Crippen LogP contribution >= 0.6 is 0 Å². The molecule has 0 aliphatic heterocycles. The summed E-state index contributed by atoms with van der Waals surface area (Å²) in [6.07, 6.45) is 3.36. The van der Waals surface area contributed by atoms with E-state index in [2.05, 4.69) is 9.97 Å². The van der Waals surface area contributed by atoms with Gasteiger partial charge in [-0.15, -0.1) is 0 Å². The first-order chi connectivity index (χ1) is 16.2. The first-order valence-corrected chi connectivity index (χ1v) is 10.2. The molecule has 0 unspecified atom stereocenters. The molecule has 33 heavy (non-hydrogen) atoms. The third-order valence-corrected chi connectivity index (χ3v) is 5.25. The summed E-state index contributed by atoms with van der Waals surface area (Å²) in [7, 11) is 2.82. The van der Waals surface area contributed by atoms with E-state index in [1.54, 1.807) is 30.6 Å². The first kappa shape index (κ1) is 20.4. The highest BCUT2D eigenvalue weighted by atomic mass is 16.5. The fourth-order valence-electron chi connectivity index (χ4n) is 3.66. The van der Waals surface area contributed by atoms with Gasteiger partial charge in [-0.05, 0) is 30.3 Å². The van der Waals surface area contributed by atoms with Gasteiger partial charge >= 0.3 is 5.97 Å². The van der Waals surface area contributed by atoms with Crippen LogP contribution < -0.4 is 9.47 Å². The van der Waals surface area contributed by atoms with E-state index in [-0.39, 0.29) is 5.56 Å². The molecule has 162 valence electrons. The van der Waals surface area contributed by atoms with Crippen molar-refractivity contribution in [2.24, 2.45) is 0 Å². The van der Waals surface area contributed by atoms with Crippen LogP contribution in [0.5, 0.6) is 17.2 Å². The van der Waals surface area contributed by atoms with Gasteiger partial charge < -0.3 is 14.2 Å². The third kappa shape index (κ3) is 3.80. The summed E-state index contributed by atoms with van der Waals surface area (Å²) in [5.41, 5.74) is 3.09. The summed E-state index contributed by atoms with van der Waals surface area (Å²) in [5.74, 6) is 0.953. The maximum absolute atomic E-state index is 12.3. The van der Waals surface area contributed by atoms with Gasteiger partial charge in [0, 0.05) is 34.8 Å². The topological polar surface area (TPSA) is 83.4 Å². The molecule has 7 nitrogen and oxygen atoms in total. The number of fused-ring (bicyclic) bond motifs is 2. The zero-order chi connectivity index (χ0) is 22.8. The van der Waals surface area contributed by atoms with Crippen LogP contribution in [0.15, 0.2) is 79.1 Å². The van der Waals surface area contributed by atoms with Crippen molar-refractivity contribution in [3.05, 3.63) is 84.7 Å². The normalized spacial score (nSPS) is 10.8. The van der Waals surface area contributed by atoms with Gasteiger partial charge in [-0.2, -0.15) is 0 Å². The SMILES string of the molecule is COC(=O)c1cc2c(Oc3cc4cccnc4nc3-c3ccccc3)ccnc2cc1OC. The zero-order valence-electron chi connectivity index (χ0n) is 18.0. The molecular formula is C26H19N3O4. The van der Waals surface area contributed by atoms with Gasteiger partial charge in [-0.1, -0.05) is 30.3 Å². The Kier molecular flexibility index (Phi) is 5.28. The Balaban J connectivity index is 1.70. The molecule has 7 heteroatoms. The minimum absolute atomic E-state index is 0.287. The fraction of sp³-hybridized carbons (Fsp3) is 0.0769. The van der Waals surface area contributed by atoms with Crippen molar-refractivity contribution in [2.45, 2.75) is 0 Å². The Morgan fingerprint density at radius 2 is 1.67 bits per heavy atom. The third-order valence-electron chi connectivity index (χ3n) is 5.25. The second-order valence-electron chi connectivity index (χ2n) is 7.22. The highest BCUT2D eigenvalue weighted by molar-refractivity contribution is 5.99. The summed E-state index contributed by atoms with van der Waals surface area (Å²) in [5, 5.41) is 1.49. The second kappa shape index (κ2) is 8.55. The van der Waals surface area contributed by atoms with Gasteiger partial charge in [-0.25, -0.2) is 14.8 Å². The van der Waals surface area contributed by atoms with Crippen LogP contribution in [0.2, 0.25) is 0 Å². The zero-order valence-corrected chi connectivity index (χ0v) is 18.0.